The molecule has 0 aliphatic rings. The van der Waals surface area contributed by atoms with Crippen LogP contribution in [0.3, 0.4) is 0 Å². The molecule has 0 aliphatic heterocycles. The highest BCUT2D eigenvalue weighted by molar-refractivity contribution is 6.22. The second kappa shape index (κ2) is 4.25. The quantitative estimate of drug-likeness (QED) is 0.559. The monoisotopic (exact) mass is 320 g/mol. The van der Waals surface area contributed by atoms with Crippen molar-refractivity contribution in [2.24, 2.45) is 0 Å². The molecule has 1 unspecified atom stereocenters. The smallest absolute Gasteiger partial charge is 0.257 e. The van der Waals surface area contributed by atoms with Crippen LogP contribution < -0.4 is 0 Å². The van der Waals surface area contributed by atoms with E-state index < -0.39 is 29.7 Å². The molecule has 18 heavy (non-hydrogen) atoms. The van der Waals surface area contributed by atoms with E-state index >= 15 is 0 Å². The Bertz CT molecular complexity index is 302. The van der Waals surface area contributed by atoms with Crippen molar-refractivity contribution in [2.45, 2.75) is 29.7 Å². The van der Waals surface area contributed by atoms with Crippen LogP contribution in [0.4, 0.5) is 48.3 Å². The fourth-order valence-electron chi connectivity index (χ4n) is 0.448. The van der Waals surface area contributed by atoms with Crippen molar-refractivity contribution in [1.29, 1.82) is 0 Å². The van der Waals surface area contributed by atoms with Gasteiger partial charge in [-0.2, -0.15) is 48.3 Å². The summed E-state index contributed by atoms with van der Waals surface area (Å²) in [6.07, 6.45) is -20.3. The Balaban J connectivity index is 5.33. The minimum Gasteiger partial charge on any atom is -0.257 e. The van der Waals surface area contributed by atoms with Crippen molar-refractivity contribution in [2.75, 3.05) is 0 Å². The van der Waals surface area contributed by atoms with Crippen LogP contribution in [0.15, 0.2) is 0 Å². The van der Waals surface area contributed by atoms with Gasteiger partial charge >= 0.3 is 29.7 Å². The summed E-state index contributed by atoms with van der Waals surface area (Å²) >= 11 is 3.66. The first-order chi connectivity index (χ1) is 7.46. The zero-order valence-electron chi connectivity index (χ0n) is 7.44. The molecule has 0 fully saturated rings. The Labute approximate surface area is 95.4 Å². The van der Waals surface area contributed by atoms with Gasteiger partial charge in [-0.05, 0) is 11.6 Å². The van der Waals surface area contributed by atoms with Gasteiger partial charge in [0.05, 0.1) is 0 Å². The van der Waals surface area contributed by atoms with Gasteiger partial charge < -0.3 is 0 Å². The summed E-state index contributed by atoms with van der Waals surface area (Å²) in [6, 6.07) is 0. The van der Waals surface area contributed by atoms with E-state index in [4.69, 9.17) is 0 Å². The van der Waals surface area contributed by atoms with Crippen LogP contribution >= 0.6 is 11.6 Å². The first kappa shape index (κ1) is 17.5. The average Bonchev–Trinajstić information content (AvgIpc) is 1.96. The molecule has 0 spiro atoms. The zero-order valence-corrected chi connectivity index (χ0v) is 8.20. The first-order valence-corrected chi connectivity index (χ1v) is 3.80. The number of rotatable bonds is 3. The molecule has 0 aromatic heterocycles. The minimum absolute atomic E-state index is 1.75. The third-order valence-electron chi connectivity index (χ3n) is 1.31. The molecule has 13 heteroatoms. The Morgan fingerprint density at radius 1 is 0.611 bits per heavy atom. The molecule has 0 heterocycles. The van der Waals surface area contributed by atoms with Gasteiger partial charge in [0.15, 0.2) is 0 Å². The normalized spacial score (nSPS) is 18.7. The van der Waals surface area contributed by atoms with E-state index in [-0.39, 0.29) is 0 Å². The summed E-state index contributed by atoms with van der Waals surface area (Å²) in [5, 5.41) is -5.91. The second-order valence-electron chi connectivity index (χ2n) is 2.71. The van der Waals surface area contributed by atoms with Crippen molar-refractivity contribution >= 4 is 11.6 Å². The third kappa shape index (κ3) is 3.08. The predicted molar refractivity (Wildman–Crippen MR) is 32.8 cm³/mol. The fraction of sp³-hybridized carbons (Fsp3) is 1.00. The van der Waals surface area contributed by atoms with Crippen molar-refractivity contribution in [3.05, 3.63) is 0 Å². The lowest BCUT2D eigenvalue weighted by atomic mass is 10.3. The van der Waals surface area contributed by atoms with Gasteiger partial charge in [0.2, 0.25) is 0 Å². The highest BCUT2D eigenvalue weighted by Crippen LogP contribution is 2.51. The first-order valence-electron chi connectivity index (χ1n) is 3.43. The summed E-state index contributed by atoms with van der Waals surface area (Å²) in [5.41, 5.74) is 0. The fourth-order valence-corrected chi connectivity index (χ4v) is 0.545. The van der Waals surface area contributed by atoms with Crippen molar-refractivity contribution in [3.63, 3.8) is 0 Å². The van der Waals surface area contributed by atoms with Crippen molar-refractivity contribution in [3.8, 4) is 0 Å². The number of ether oxygens (including phenoxy) is 1. The van der Waals surface area contributed by atoms with Gasteiger partial charge in [-0.25, -0.2) is 0 Å². The maximum absolute atomic E-state index is 12.2. The summed E-state index contributed by atoms with van der Waals surface area (Å²) < 4.78 is 131. The van der Waals surface area contributed by atoms with Gasteiger partial charge in [0.25, 0.3) is 0 Å². The summed E-state index contributed by atoms with van der Waals surface area (Å²) in [7, 11) is 0. The molecule has 0 amide bonds. The number of halogens is 12. The molecular weight excluding hydrogens is 320 g/mol. The Hall–Kier alpha value is -0.520. The summed E-state index contributed by atoms with van der Waals surface area (Å²) in [5.74, 6) is -7.07. The van der Waals surface area contributed by atoms with Gasteiger partial charge in [-0.15, -0.1) is 0 Å². The lowest BCUT2D eigenvalue weighted by molar-refractivity contribution is -0.466. The van der Waals surface area contributed by atoms with Gasteiger partial charge in [0.1, 0.15) is 0 Å². The predicted octanol–water partition coefficient (Wildman–Crippen LogP) is 4.22. The third-order valence-corrected chi connectivity index (χ3v) is 1.60. The molecule has 0 saturated heterocycles. The van der Waals surface area contributed by atoms with E-state index in [9.17, 15) is 48.3 Å². The van der Waals surface area contributed by atoms with Crippen LogP contribution in [0.1, 0.15) is 0 Å². The molecule has 0 rings (SSSR count). The largest absolute Gasteiger partial charge is 0.464 e. The summed E-state index contributed by atoms with van der Waals surface area (Å²) in [6.45, 7) is 0. The van der Waals surface area contributed by atoms with E-state index in [1.54, 1.807) is 4.74 Å². The molecule has 1 atom stereocenters. The average molecular weight is 320 g/mol. The lowest BCUT2D eigenvalue weighted by Gasteiger charge is -2.31. The minimum atomic E-state index is -7.07. The number of hydrogen-bond acceptors (Lipinski definition) is 1. The van der Waals surface area contributed by atoms with Crippen LogP contribution in [0.2, 0.25) is 0 Å². The van der Waals surface area contributed by atoms with Crippen LogP contribution in [-0.2, 0) is 4.74 Å². The summed E-state index contributed by atoms with van der Waals surface area (Å²) in [4.78, 5) is 0. The Morgan fingerprint density at radius 2 is 0.944 bits per heavy atom. The Morgan fingerprint density at radius 3 is 1.17 bits per heavy atom. The SMILES string of the molecule is FC(F)(F)C(F)(Cl)OC(F)(F)C(F)(F)C(F)(F)F. The topological polar surface area (TPSA) is 9.23 Å². The van der Waals surface area contributed by atoms with Gasteiger partial charge in [-0.1, -0.05) is 0 Å². The standard InChI is InChI=1S/C5ClF11O/c6-2(9,4(13,14)15)18-5(16,17)1(7,8)3(10,11)12. The van der Waals surface area contributed by atoms with E-state index in [2.05, 4.69) is 11.6 Å². The maximum atomic E-state index is 12.2. The number of hydrogen-bond donors (Lipinski definition) is 0. The van der Waals surface area contributed by atoms with Crippen LogP contribution in [-0.4, -0.2) is 29.7 Å². The van der Waals surface area contributed by atoms with E-state index in [0.717, 1.165) is 0 Å². The van der Waals surface area contributed by atoms with Crippen molar-refractivity contribution in [1.82, 2.24) is 0 Å². The molecule has 0 saturated carbocycles. The maximum Gasteiger partial charge on any atom is 0.464 e. The molecule has 0 aromatic rings. The van der Waals surface area contributed by atoms with Gasteiger partial charge in [0, 0.05) is 0 Å². The van der Waals surface area contributed by atoms with Crippen LogP contribution in [0.5, 0.6) is 0 Å². The van der Waals surface area contributed by atoms with Gasteiger partial charge in [-0.3, -0.25) is 4.74 Å². The molecule has 1 nitrogen and oxygen atoms in total. The zero-order chi connectivity index (χ0) is 15.2. The molecule has 0 aliphatic carbocycles. The lowest BCUT2D eigenvalue weighted by Crippen LogP contribution is -2.57. The van der Waals surface area contributed by atoms with E-state index in [1.165, 1.54) is 0 Å². The second-order valence-corrected chi connectivity index (χ2v) is 3.19. The molecule has 0 aromatic carbocycles. The van der Waals surface area contributed by atoms with E-state index in [0.29, 0.717) is 0 Å². The Kier molecular flexibility index (Phi) is 4.13. The highest BCUT2D eigenvalue weighted by atomic mass is 35.5. The van der Waals surface area contributed by atoms with Crippen molar-refractivity contribution < 1.29 is 53.0 Å². The van der Waals surface area contributed by atoms with Crippen LogP contribution in [0.25, 0.3) is 0 Å². The number of alkyl halides is 12. The molecule has 0 N–H and O–H groups in total. The van der Waals surface area contributed by atoms with E-state index in [1.807, 2.05) is 0 Å². The molecular formula is C5ClF11O. The molecule has 0 radical (unpaired) electrons. The van der Waals surface area contributed by atoms with Crippen LogP contribution in [0, 0.1) is 0 Å². The highest BCUT2D eigenvalue weighted by Gasteiger charge is 2.78. The molecule has 110 valence electrons. The molecule has 0 bridgehead atoms.